The van der Waals surface area contributed by atoms with Crippen molar-refractivity contribution >= 4 is 17.9 Å². The fraction of sp³-hybridized carbons (Fsp3) is 0.900. The summed E-state index contributed by atoms with van der Waals surface area (Å²) in [7, 11) is 1.52. The largest absolute Gasteiger partial charge is 0.469 e. The summed E-state index contributed by atoms with van der Waals surface area (Å²) < 4.78 is 16.8. The molecule has 4 fully saturated rings. The summed E-state index contributed by atoms with van der Waals surface area (Å²) >= 11 is 0. The zero-order valence-corrected chi connectivity index (χ0v) is 24.0. The van der Waals surface area contributed by atoms with Crippen LogP contribution in [0, 0.1) is 46.3 Å². The first-order chi connectivity index (χ1) is 17.4. The summed E-state index contributed by atoms with van der Waals surface area (Å²) in [6.45, 7) is 13.1. The Labute approximate surface area is 223 Å². The van der Waals surface area contributed by atoms with Gasteiger partial charge in [0.1, 0.15) is 12.2 Å². The van der Waals surface area contributed by atoms with Crippen LogP contribution in [0.2, 0.25) is 0 Å². The molecule has 0 bridgehead atoms. The predicted molar refractivity (Wildman–Crippen MR) is 140 cm³/mol. The Hall–Kier alpha value is -1.63. The zero-order valence-electron chi connectivity index (χ0n) is 24.0. The van der Waals surface area contributed by atoms with Crippen LogP contribution in [0.25, 0.3) is 0 Å². The summed E-state index contributed by atoms with van der Waals surface area (Å²) in [6, 6.07) is 0.284. The summed E-state index contributed by atoms with van der Waals surface area (Å²) in [4.78, 5) is 36.8. The average molecular weight is 520 g/mol. The maximum Gasteiger partial charge on any atom is 0.309 e. The highest BCUT2D eigenvalue weighted by atomic mass is 16.6. The first kappa shape index (κ1) is 28.4. The molecule has 4 aliphatic carbocycles. The molecule has 7 heteroatoms. The lowest BCUT2D eigenvalue weighted by atomic mass is 9.43. The van der Waals surface area contributed by atoms with Crippen molar-refractivity contribution in [2.75, 3.05) is 13.7 Å². The highest BCUT2D eigenvalue weighted by molar-refractivity contribution is 5.74. The molecular weight excluding hydrogens is 470 g/mol. The van der Waals surface area contributed by atoms with Gasteiger partial charge in [-0.2, -0.15) is 0 Å². The molecule has 0 aliphatic heterocycles. The quantitative estimate of drug-likeness (QED) is 0.378. The van der Waals surface area contributed by atoms with Gasteiger partial charge in [-0.15, -0.1) is 0 Å². The van der Waals surface area contributed by atoms with Gasteiger partial charge in [-0.05, 0) is 98.3 Å². The van der Waals surface area contributed by atoms with Crippen LogP contribution in [0.3, 0.4) is 0 Å². The van der Waals surface area contributed by atoms with E-state index in [4.69, 9.17) is 14.2 Å². The van der Waals surface area contributed by atoms with Crippen molar-refractivity contribution < 1.29 is 28.6 Å². The van der Waals surface area contributed by atoms with E-state index in [1.165, 1.54) is 21.0 Å². The SMILES string of the molecule is COC(=O)C1CC[C@H]2[C@@H]3CCC4CC(OC(C)=O)C(OC(C)=O)C[C@]4(C)[C@@H]3C(NCCC(C)C)C[C@]12C. The number of rotatable bonds is 7. The van der Waals surface area contributed by atoms with Gasteiger partial charge in [-0.25, -0.2) is 0 Å². The van der Waals surface area contributed by atoms with Crippen LogP contribution in [-0.4, -0.2) is 49.8 Å². The Morgan fingerprint density at radius 2 is 1.59 bits per heavy atom. The van der Waals surface area contributed by atoms with E-state index in [-0.39, 0.29) is 46.8 Å². The van der Waals surface area contributed by atoms with Gasteiger partial charge in [0, 0.05) is 19.9 Å². The minimum atomic E-state index is -0.419. The molecule has 0 spiro atoms. The molecule has 4 aliphatic rings. The van der Waals surface area contributed by atoms with Gasteiger partial charge < -0.3 is 19.5 Å². The number of hydrogen-bond acceptors (Lipinski definition) is 7. The van der Waals surface area contributed by atoms with Crippen molar-refractivity contribution in [1.82, 2.24) is 5.32 Å². The second-order valence-electron chi connectivity index (χ2n) is 13.4. The summed E-state index contributed by atoms with van der Waals surface area (Å²) in [6.07, 6.45) is 6.91. The number of methoxy groups -OCH3 is 1. The fourth-order valence-corrected chi connectivity index (χ4v) is 9.38. The van der Waals surface area contributed by atoms with E-state index >= 15 is 0 Å². The summed E-state index contributed by atoms with van der Waals surface area (Å²) in [5.41, 5.74) is -0.114. The van der Waals surface area contributed by atoms with Crippen molar-refractivity contribution in [3.63, 3.8) is 0 Å². The topological polar surface area (TPSA) is 90.9 Å². The molecule has 10 atom stereocenters. The molecular formula is C30H49NO6. The van der Waals surface area contributed by atoms with Crippen LogP contribution in [0.5, 0.6) is 0 Å². The van der Waals surface area contributed by atoms with E-state index < -0.39 is 6.10 Å². The van der Waals surface area contributed by atoms with Crippen LogP contribution in [0.1, 0.15) is 92.9 Å². The summed E-state index contributed by atoms with van der Waals surface area (Å²) in [5, 5.41) is 3.98. The van der Waals surface area contributed by atoms with Crippen molar-refractivity contribution in [3.8, 4) is 0 Å². The zero-order chi connectivity index (χ0) is 27.1. The maximum absolute atomic E-state index is 12.9. The van der Waals surface area contributed by atoms with E-state index in [1.54, 1.807) is 0 Å². The number of nitrogens with one attached hydrogen (secondary N) is 1. The van der Waals surface area contributed by atoms with Crippen molar-refractivity contribution in [2.24, 2.45) is 46.3 Å². The molecule has 0 heterocycles. The van der Waals surface area contributed by atoms with Gasteiger partial charge >= 0.3 is 17.9 Å². The molecule has 4 rings (SSSR count). The van der Waals surface area contributed by atoms with E-state index in [0.29, 0.717) is 36.0 Å². The molecule has 0 aromatic carbocycles. The second kappa shape index (κ2) is 10.9. The fourth-order valence-electron chi connectivity index (χ4n) is 9.38. The lowest BCUT2D eigenvalue weighted by Gasteiger charge is -2.64. The minimum Gasteiger partial charge on any atom is -0.469 e. The number of esters is 3. The van der Waals surface area contributed by atoms with Gasteiger partial charge in [0.25, 0.3) is 0 Å². The third kappa shape index (κ3) is 5.31. The minimum absolute atomic E-state index is 0.0418. The van der Waals surface area contributed by atoms with Crippen LogP contribution >= 0.6 is 0 Å². The third-order valence-electron chi connectivity index (χ3n) is 10.8. The Balaban J connectivity index is 1.68. The van der Waals surface area contributed by atoms with Crippen LogP contribution in [0.15, 0.2) is 0 Å². The molecule has 0 saturated heterocycles. The number of hydrogen-bond donors (Lipinski definition) is 1. The van der Waals surface area contributed by atoms with Crippen LogP contribution in [0.4, 0.5) is 0 Å². The standard InChI is InChI=1S/C30H49NO6/c1-17(2)12-13-31-24-15-30(6)22(10-11-23(30)28(34)35-7)21-9-8-20-14-25(36-18(3)32)26(37-19(4)33)16-29(20,5)27(21)24/h17,20-27,31H,8-16H2,1-7H3/t20?,21-,22-,23?,24?,25?,26?,27-,29-,30-/m0/s1. The smallest absolute Gasteiger partial charge is 0.309 e. The van der Waals surface area contributed by atoms with Gasteiger partial charge in [0.05, 0.1) is 13.0 Å². The van der Waals surface area contributed by atoms with E-state index in [0.717, 1.165) is 51.5 Å². The Morgan fingerprint density at radius 1 is 0.919 bits per heavy atom. The molecule has 5 unspecified atom stereocenters. The highest BCUT2D eigenvalue weighted by Gasteiger charge is 2.65. The van der Waals surface area contributed by atoms with Crippen LogP contribution in [-0.2, 0) is 28.6 Å². The molecule has 0 amide bonds. The third-order valence-corrected chi connectivity index (χ3v) is 10.8. The molecule has 1 N–H and O–H groups in total. The molecule has 0 radical (unpaired) electrons. The number of ether oxygens (including phenoxy) is 3. The second-order valence-corrected chi connectivity index (χ2v) is 13.4. The predicted octanol–water partition coefficient (Wildman–Crippen LogP) is 4.91. The van der Waals surface area contributed by atoms with E-state index in [2.05, 4.69) is 33.0 Å². The molecule has 37 heavy (non-hydrogen) atoms. The molecule has 0 aromatic rings. The van der Waals surface area contributed by atoms with Crippen molar-refractivity contribution in [1.29, 1.82) is 0 Å². The number of fused-ring (bicyclic) bond motifs is 5. The van der Waals surface area contributed by atoms with Crippen LogP contribution < -0.4 is 5.32 Å². The number of carbonyl (C=O) groups is 3. The van der Waals surface area contributed by atoms with Gasteiger partial charge in [-0.3, -0.25) is 14.4 Å². The van der Waals surface area contributed by atoms with E-state index in [1.807, 2.05) is 0 Å². The number of carbonyl (C=O) groups excluding carboxylic acids is 3. The normalized spacial score (nSPS) is 42.8. The molecule has 210 valence electrons. The maximum atomic E-state index is 12.9. The monoisotopic (exact) mass is 519 g/mol. The summed E-state index contributed by atoms with van der Waals surface area (Å²) in [5.74, 6) is 1.70. The lowest BCUT2D eigenvalue weighted by Crippen LogP contribution is -2.64. The van der Waals surface area contributed by atoms with Gasteiger partial charge in [0.2, 0.25) is 0 Å². The first-order valence-corrected chi connectivity index (χ1v) is 14.6. The van der Waals surface area contributed by atoms with Crippen molar-refractivity contribution in [3.05, 3.63) is 0 Å². The Morgan fingerprint density at radius 3 is 2.22 bits per heavy atom. The molecule has 4 saturated carbocycles. The Kier molecular flexibility index (Phi) is 8.33. The van der Waals surface area contributed by atoms with Crippen molar-refractivity contribution in [2.45, 2.75) is 111 Å². The molecule has 7 nitrogen and oxygen atoms in total. The Bertz CT molecular complexity index is 874. The van der Waals surface area contributed by atoms with Gasteiger partial charge in [0.15, 0.2) is 0 Å². The van der Waals surface area contributed by atoms with E-state index in [9.17, 15) is 14.4 Å². The lowest BCUT2D eigenvalue weighted by molar-refractivity contribution is -0.199. The first-order valence-electron chi connectivity index (χ1n) is 14.6. The highest BCUT2D eigenvalue weighted by Crippen LogP contribution is 2.67. The average Bonchev–Trinajstić information content (AvgIpc) is 3.14. The molecule has 0 aromatic heterocycles. The van der Waals surface area contributed by atoms with Gasteiger partial charge in [-0.1, -0.05) is 27.7 Å².